The fourth-order valence-electron chi connectivity index (χ4n) is 1.52. The van der Waals surface area contributed by atoms with Gasteiger partial charge in [-0.05, 0) is 25.1 Å². The highest BCUT2D eigenvalue weighted by Crippen LogP contribution is 2.19. The van der Waals surface area contributed by atoms with Crippen molar-refractivity contribution in [3.8, 4) is 0 Å². The summed E-state index contributed by atoms with van der Waals surface area (Å²) in [6.07, 6.45) is 0. The minimum absolute atomic E-state index is 0.126. The van der Waals surface area contributed by atoms with Gasteiger partial charge in [0.15, 0.2) is 0 Å². The molecule has 1 aromatic rings. The molecule has 1 amide bonds. The Morgan fingerprint density at radius 1 is 1.35 bits per heavy atom. The van der Waals surface area contributed by atoms with Gasteiger partial charge in [-0.1, -0.05) is 0 Å². The van der Waals surface area contributed by atoms with Crippen molar-refractivity contribution < 1.29 is 23.1 Å². The summed E-state index contributed by atoms with van der Waals surface area (Å²) in [4.78, 5) is 21.9. The summed E-state index contributed by atoms with van der Waals surface area (Å²) in [7, 11) is -2.79. The highest BCUT2D eigenvalue weighted by molar-refractivity contribution is 7.89. The van der Waals surface area contributed by atoms with E-state index in [9.17, 15) is 18.0 Å². The normalized spacial score (nSPS) is 12.7. The topological polar surface area (TPSA) is 139 Å². The number of likely N-dealkylation sites (N-methyl/N-ethyl adjacent to an activating group) is 1. The molecule has 1 aromatic carbocycles. The minimum Gasteiger partial charge on any atom is -0.478 e. The Bertz CT molecular complexity index is 641. The van der Waals surface area contributed by atoms with Gasteiger partial charge in [0.2, 0.25) is 15.9 Å². The average molecular weight is 301 g/mol. The molecule has 5 N–H and O–H groups in total. The van der Waals surface area contributed by atoms with Crippen LogP contribution in [-0.2, 0) is 14.8 Å². The van der Waals surface area contributed by atoms with Crippen LogP contribution in [0.1, 0.15) is 17.3 Å². The summed E-state index contributed by atoms with van der Waals surface area (Å²) >= 11 is 0. The monoisotopic (exact) mass is 301 g/mol. The fourth-order valence-corrected chi connectivity index (χ4v) is 2.90. The number of rotatable bonds is 5. The van der Waals surface area contributed by atoms with E-state index in [1.54, 1.807) is 0 Å². The number of aromatic carboxylic acids is 1. The van der Waals surface area contributed by atoms with Crippen molar-refractivity contribution in [2.75, 3.05) is 12.8 Å². The van der Waals surface area contributed by atoms with Crippen molar-refractivity contribution in [1.29, 1.82) is 0 Å². The van der Waals surface area contributed by atoms with E-state index in [1.165, 1.54) is 20.0 Å². The zero-order chi connectivity index (χ0) is 15.5. The Morgan fingerprint density at radius 3 is 2.45 bits per heavy atom. The fraction of sp³-hybridized carbons (Fsp3) is 0.273. The van der Waals surface area contributed by atoms with Crippen LogP contribution in [-0.4, -0.2) is 38.5 Å². The maximum Gasteiger partial charge on any atom is 0.337 e. The number of hydrogen-bond donors (Lipinski definition) is 4. The summed E-state index contributed by atoms with van der Waals surface area (Å²) in [5.74, 6) is -1.97. The first-order chi connectivity index (χ1) is 9.19. The Labute approximate surface area is 116 Å². The van der Waals surface area contributed by atoms with Gasteiger partial charge in [-0.25, -0.2) is 13.2 Å². The smallest absolute Gasteiger partial charge is 0.337 e. The van der Waals surface area contributed by atoms with Crippen LogP contribution in [0.25, 0.3) is 0 Å². The predicted octanol–water partition coefficient (Wildman–Crippen LogP) is -0.620. The highest BCUT2D eigenvalue weighted by Gasteiger charge is 2.26. The number of carbonyl (C=O) groups is 2. The number of sulfonamides is 1. The number of anilines is 1. The van der Waals surface area contributed by atoms with E-state index < -0.39 is 38.4 Å². The molecule has 1 rings (SSSR count). The second-order valence-electron chi connectivity index (χ2n) is 4.02. The molecule has 1 atom stereocenters. The second kappa shape index (κ2) is 5.88. The largest absolute Gasteiger partial charge is 0.478 e. The molecular weight excluding hydrogens is 286 g/mol. The van der Waals surface area contributed by atoms with Crippen LogP contribution >= 0.6 is 0 Å². The molecule has 8 nitrogen and oxygen atoms in total. The number of nitrogens with one attached hydrogen (secondary N) is 2. The lowest BCUT2D eigenvalue weighted by Crippen LogP contribution is -2.43. The quantitative estimate of drug-likeness (QED) is 0.535. The lowest BCUT2D eigenvalue weighted by Gasteiger charge is -2.14. The lowest BCUT2D eigenvalue weighted by molar-refractivity contribution is -0.121. The van der Waals surface area contributed by atoms with Crippen molar-refractivity contribution in [3.05, 3.63) is 23.8 Å². The van der Waals surface area contributed by atoms with Crippen LogP contribution in [0.4, 0.5) is 5.69 Å². The maximum atomic E-state index is 12.1. The Balaban J connectivity index is 3.23. The van der Waals surface area contributed by atoms with Crippen LogP contribution in [0, 0.1) is 0 Å². The second-order valence-corrected chi connectivity index (χ2v) is 5.70. The van der Waals surface area contributed by atoms with Gasteiger partial charge in [-0.15, -0.1) is 0 Å². The number of amides is 1. The van der Waals surface area contributed by atoms with Crippen LogP contribution in [0.15, 0.2) is 23.1 Å². The Kier molecular flexibility index (Phi) is 4.69. The van der Waals surface area contributed by atoms with Crippen LogP contribution in [0.3, 0.4) is 0 Å². The molecule has 1 unspecified atom stereocenters. The van der Waals surface area contributed by atoms with Crippen LogP contribution in [0.2, 0.25) is 0 Å². The Morgan fingerprint density at radius 2 is 1.95 bits per heavy atom. The molecule has 0 saturated carbocycles. The molecule has 0 bridgehead atoms. The molecule has 0 saturated heterocycles. The van der Waals surface area contributed by atoms with Gasteiger partial charge in [0.25, 0.3) is 0 Å². The number of nitrogen functional groups attached to an aromatic ring is 1. The van der Waals surface area contributed by atoms with Gasteiger partial charge < -0.3 is 16.2 Å². The third-order valence-electron chi connectivity index (χ3n) is 2.50. The summed E-state index contributed by atoms with van der Waals surface area (Å²) < 4.78 is 26.3. The van der Waals surface area contributed by atoms with Crippen molar-refractivity contribution in [3.63, 3.8) is 0 Å². The molecule has 20 heavy (non-hydrogen) atoms. The maximum absolute atomic E-state index is 12.1. The van der Waals surface area contributed by atoms with E-state index >= 15 is 0 Å². The van der Waals surface area contributed by atoms with Crippen molar-refractivity contribution >= 4 is 27.6 Å². The van der Waals surface area contributed by atoms with Crippen molar-refractivity contribution in [2.45, 2.75) is 17.9 Å². The minimum atomic E-state index is -4.15. The van der Waals surface area contributed by atoms with Gasteiger partial charge in [-0.2, -0.15) is 4.72 Å². The van der Waals surface area contributed by atoms with E-state index in [2.05, 4.69) is 10.0 Å². The number of nitrogens with two attached hydrogens (primary N) is 1. The van der Waals surface area contributed by atoms with Crippen LogP contribution < -0.4 is 15.8 Å². The van der Waals surface area contributed by atoms with Crippen molar-refractivity contribution in [1.82, 2.24) is 10.0 Å². The van der Waals surface area contributed by atoms with Gasteiger partial charge in [0, 0.05) is 12.7 Å². The van der Waals surface area contributed by atoms with E-state index in [-0.39, 0.29) is 5.69 Å². The summed E-state index contributed by atoms with van der Waals surface area (Å²) in [5.41, 5.74) is 5.11. The third kappa shape index (κ3) is 3.45. The molecule has 0 fully saturated rings. The molecule has 0 aromatic heterocycles. The molecule has 0 radical (unpaired) electrons. The van der Waals surface area contributed by atoms with E-state index in [1.807, 2.05) is 0 Å². The number of benzene rings is 1. The average Bonchev–Trinajstić information content (AvgIpc) is 2.36. The van der Waals surface area contributed by atoms with Gasteiger partial charge in [-0.3, -0.25) is 4.79 Å². The zero-order valence-corrected chi connectivity index (χ0v) is 11.7. The van der Waals surface area contributed by atoms with E-state index in [0.717, 1.165) is 12.1 Å². The molecular formula is C11H15N3O5S. The number of hydrogen-bond acceptors (Lipinski definition) is 5. The highest BCUT2D eigenvalue weighted by atomic mass is 32.2. The molecule has 0 aliphatic carbocycles. The zero-order valence-electron chi connectivity index (χ0n) is 10.9. The standard InChI is InChI=1S/C11H15N3O5S/c1-6(10(15)13-2)14-20(18,19)9-4-3-7(12)5-8(9)11(16)17/h3-6,14H,12H2,1-2H3,(H,13,15)(H,16,17). The first-order valence-electron chi connectivity index (χ1n) is 5.55. The van der Waals surface area contributed by atoms with Crippen molar-refractivity contribution in [2.24, 2.45) is 0 Å². The number of carboxylic acid groups (broad SMARTS) is 1. The molecule has 110 valence electrons. The summed E-state index contributed by atoms with van der Waals surface area (Å²) in [6, 6.07) is 2.36. The summed E-state index contributed by atoms with van der Waals surface area (Å²) in [6.45, 7) is 1.34. The van der Waals surface area contributed by atoms with E-state index in [0.29, 0.717) is 0 Å². The molecule has 9 heteroatoms. The lowest BCUT2D eigenvalue weighted by atomic mass is 10.2. The number of carboxylic acids is 1. The molecule has 0 spiro atoms. The molecule has 0 aliphatic heterocycles. The SMILES string of the molecule is CNC(=O)C(C)NS(=O)(=O)c1ccc(N)cc1C(=O)O. The third-order valence-corrected chi connectivity index (χ3v) is 4.09. The van der Waals surface area contributed by atoms with E-state index in [4.69, 9.17) is 10.8 Å². The van der Waals surface area contributed by atoms with Gasteiger partial charge in [0.1, 0.15) is 0 Å². The Hall–Kier alpha value is -2.13. The van der Waals surface area contributed by atoms with Gasteiger partial charge in [0.05, 0.1) is 16.5 Å². The number of carbonyl (C=O) groups excluding carboxylic acids is 1. The predicted molar refractivity (Wildman–Crippen MR) is 71.7 cm³/mol. The van der Waals surface area contributed by atoms with Gasteiger partial charge >= 0.3 is 5.97 Å². The van der Waals surface area contributed by atoms with Crippen LogP contribution in [0.5, 0.6) is 0 Å². The first-order valence-corrected chi connectivity index (χ1v) is 7.04. The molecule has 0 heterocycles. The first kappa shape index (κ1) is 15.9. The summed E-state index contributed by atoms with van der Waals surface area (Å²) in [5, 5.41) is 11.3. The molecule has 0 aliphatic rings.